The van der Waals surface area contributed by atoms with E-state index in [0.717, 1.165) is 58.2 Å². The minimum absolute atomic E-state index is 0.687. The Kier molecular flexibility index (Phi) is 7.36. The lowest BCUT2D eigenvalue weighted by atomic mass is 10.1. The molecular formula is C11H23ClN2O. The molecule has 0 aromatic carbocycles. The van der Waals surface area contributed by atoms with Gasteiger partial charge in [-0.05, 0) is 18.9 Å². The molecule has 0 spiro atoms. The number of hydrogen-bond donors (Lipinski definition) is 1. The van der Waals surface area contributed by atoms with Crippen molar-refractivity contribution in [1.82, 2.24) is 10.2 Å². The quantitative estimate of drug-likeness (QED) is 0.529. The number of morpholine rings is 1. The molecular weight excluding hydrogens is 212 g/mol. The molecule has 1 heterocycles. The van der Waals surface area contributed by atoms with Crippen molar-refractivity contribution >= 4 is 11.6 Å². The summed E-state index contributed by atoms with van der Waals surface area (Å²) in [6, 6.07) is 0. The Morgan fingerprint density at radius 1 is 1.40 bits per heavy atom. The van der Waals surface area contributed by atoms with Gasteiger partial charge >= 0.3 is 0 Å². The van der Waals surface area contributed by atoms with Crippen molar-refractivity contribution in [3.63, 3.8) is 0 Å². The number of alkyl halides is 1. The molecule has 4 heteroatoms. The van der Waals surface area contributed by atoms with E-state index in [-0.39, 0.29) is 0 Å². The van der Waals surface area contributed by atoms with Gasteiger partial charge in [0.2, 0.25) is 0 Å². The summed E-state index contributed by atoms with van der Waals surface area (Å²) in [5.74, 6) is 1.46. The zero-order chi connectivity index (χ0) is 10.9. The van der Waals surface area contributed by atoms with Crippen molar-refractivity contribution in [3.8, 4) is 0 Å². The summed E-state index contributed by atoms with van der Waals surface area (Å²) in [6.45, 7) is 9.48. The molecule has 0 aromatic rings. The summed E-state index contributed by atoms with van der Waals surface area (Å²) in [5.41, 5.74) is 0. The van der Waals surface area contributed by atoms with Gasteiger partial charge in [0.1, 0.15) is 0 Å². The van der Waals surface area contributed by atoms with Gasteiger partial charge in [-0.15, -0.1) is 11.6 Å². The maximum absolute atomic E-state index is 5.68. The SMILES string of the molecule is CC(CCCl)CNCCN1CCOCC1. The van der Waals surface area contributed by atoms with Crippen LogP contribution in [0.25, 0.3) is 0 Å². The highest BCUT2D eigenvalue weighted by Gasteiger charge is 2.09. The Morgan fingerprint density at radius 2 is 2.13 bits per heavy atom. The van der Waals surface area contributed by atoms with Gasteiger partial charge in [0.05, 0.1) is 13.2 Å². The Labute approximate surface area is 98.1 Å². The van der Waals surface area contributed by atoms with Crippen LogP contribution in [0.2, 0.25) is 0 Å². The lowest BCUT2D eigenvalue weighted by molar-refractivity contribution is 0.0383. The fraction of sp³-hybridized carbons (Fsp3) is 1.00. The predicted octanol–water partition coefficient (Wildman–Crippen LogP) is 1.17. The summed E-state index contributed by atoms with van der Waals surface area (Å²) < 4.78 is 5.30. The highest BCUT2D eigenvalue weighted by Crippen LogP contribution is 2.01. The zero-order valence-corrected chi connectivity index (χ0v) is 10.4. The molecule has 0 aliphatic carbocycles. The summed E-state index contributed by atoms with van der Waals surface area (Å²) >= 11 is 5.68. The molecule has 15 heavy (non-hydrogen) atoms. The van der Waals surface area contributed by atoms with Gasteiger partial charge in [-0.25, -0.2) is 0 Å². The van der Waals surface area contributed by atoms with Crippen LogP contribution in [0.5, 0.6) is 0 Å². The maximum Gasteiger partial charge on any atom is 0.0594 e. The normalized spacial score (nSPS) is 20.4. The molecule has 1 atom stereocenters. The zero-order valence-electron chi connectivity index (χ0n) is 9.67. The van der Waals surface area contributed by atoms with Crippen LogP contribution in [0.1, 0.15) is 13.3 Å². The number of rotatable bonds is 7. The fourth-order valence-electron chi connectivity index (χ4n) is 1.70. The van der Waals surface area contributed by atoms with E-state index in [9.17, 15) is 0 Å². The molecule has 3 nitrogen and oxygen atoms in total. The molecule has 1 rings (SSSR count). The van der Waals surface area contributed by atoms with Crippen molar-refractivity contribution in [2.45, 2.75) is 13.3 Å². The van der Waals surface area contributed by atoms with Crippen molar-refractivity contribution in [2.24, 2.45) is 5.92 Å². The van der Waals surface area contributed by atoms with Crippen LogP contribution >= 0.6 is 11.6 Å². The summed E-state index contributed by atoms with van der Waals surface area (Å²) in [4.78, 5) is 2.45. The first-order valence-corrected chi connectivity index (χ1v) is 6.43. The standard InChI is InChI=1S/C11H23ClN2O/c1-11(2-3-12)10-13-4-5-14-6-8-15-9-7-14/h11,13H,2-10H2,1H3. The largest absolute Gasteiger partial charge is 0.379 e. The molecule has 1 fully saturated rings. The van der Waals surface area contributed by atoms with Gasteiger partial charge < -0.3 is 10.1 Å². The van der Waals surface area contributed by atoms with Gasteiger partial charge in [0.15, 0.2) is 0 Å². The maximum atomic E-state index is 5.68. The number of nitrogens with zero attached hydrogens (tertiary/aromatic N) is 1. The van der Waals surface area contributed by atoms with Gasteiger partial charge in [-0.2, -0.15) is 0 Å². The number of nitrogens with one attached hydrogen (secondary N) is 1. The van der Waals surface area contributed by atoms with E-state index in [2.05, 4.69) is 17.1 Å². The van der Waals surface area contributed by atoms with Crippen molar-refractivity contribution in [1.29, 1.82) is 0 Å². The second-order valence-corrected chi connectivity index (χ2v) is 4.62. The third-order valence-corrected chi connectivity index (χ3v) is 3.02. The van der Waals surface area contributed by atoms with Crippen LogP contribution in [0, 0.1) is 5.92 Å². The minimum atomic E-state index is 0.687. The number of halogens is 1. The van der Waals surface area contributed by atoms with E-state index in [1.807, 2.05) is 0 Å². The molecule has 1 N–H and O–H groups in total. The lowest BCUT2D eigenvalue weighted by Gasteiger charge is -2.26. The van der Waals surface area contributed by atoms with Gasteiger partial charge in [-0.3, -0.25) is 4.90 Å². The van der Waals surface area contributed by atoms with E-state index >= 15 is 0 Å². The topological polar surface area (TPSA) is 24.5 Å². The number of hydrogen-bond acceptors (Lipinski definition) is 3. The Bertz CT molecular complexity index is 152. The van der Waals surface area contributed by atoms with Crippen LogP contribution in [0.15, 0.2) is 0 Å². The summed E-state index contributed by atoms with van der Waals surface area (Å²) in [5, 5.41) is 3.48. The third kappa shape index (κ3) is 6.36. The molecule has 90 valence electrons. The summed E-state index contributed by atoms with van der Waals surface area (Å²) in [7, 11) is 0. The molecule has 0 bridgehead atoms. The van der Waals surface area contributed by atoms with Crippen molar-refractivity contribution in [3.05, 3.63) is 0 Å². The molecule has 1 saturated heterocycles. The van der Waals surface area contributed by atoms with Gasteiger partial charge in [0, 0.05) is 32.1 Å². The van der Waals surface area contributed by atoms with E-state index in [0.29, 0.717) is 5.92 Å². The predicted molar refractivity (Wildman–Crippen MR) is 64.6 cm³/mol. The third-order valence-electron chi connectivity index (χ3n) is 2.80. The van der Waals surface area contributed by atoms with E-state index in [4.69, 9.17) is 16.3 Å². The molecule has 1 unspecified atom stereocenters. The Hall–Kier alpha value is 0.170. The highest BCUT2D eigenvalue weighted by molar-refractivity contribution is 6.17. The van der Waals surface area contributed by atoms with Crippen LogP contribution in [-0.2, 0) is 4.74 Å². The molecule has 0 aromatic heterocycles. The summed E-state index contributed by atoms with van der Waals surface area (Å²) in [6.07, 6.45) is 1.10. The van der Waals surface area contributed by atoms with Crippen molar-refractivity contribution in [2.75, 3.05) is 51.8 Å². The molecule has 0 radical (unpaired) electrons. The number of ether oxygens (including phenoxy) is 1. The van der Waals surface area contributed by atoms with E-state index < -0.39 is 0 Å². The fourth-order valence-corrected chi connectivity index (χ4v) is 2.07. The van der Waals surface area contributed by atoms with Crippen LogP contribution in [0.4, 0.5) is 0 Å². The van der Waals surface area contributed by atoms with E-state index in [1.165, 1.54) is 0 Å². The minimum Gasteiger partial charge on any atom is -0.379 e. The molecule has 0 saturated carbocycles. The Morgan fingerprint density at radius 3 is 2.80 bits per heavy atom. The molecule has 1 aliphatic rings. The second-order valence-electron chi connectivity index (χ2n) is 4.24. The molecule has 1 aliphatic heterocycles. The van der Waals surface area contributed by atoms with Gasteiger partial charge in [0.25, 0.3) is 0 Å². The lowest BCUT2D eigenvalue weighted by Crippen LogP contribution is -2.40. The first kappa shape index (κ1) is 13.2. The average molecular weight is 235 g/mol. The monoisotopic (exact) mass is 234 g/mol. The molecule has 0 amide bonds. The first-order chi connectivity index (χ1) is 7.33. The van der Waals surface area contributed by atoms with Crippen LogP contribution in [-0.4, -0.2) is 56.7 Å². The van der Waals surface area contributed by atoms with Crippen LogP contribution in [0.3, 0.4) is 0 Å². The highest BCUT2D eigenvalue weighted by atomic mass is 35.5. The second kappa shape index (κ2) is 8.34. The average Bonchev–Trinajstić information content (AvgIpc) is 2.26. The Balaban J connectivity index is 1.91. The smallest absolute Gasteiger partial charge is 0.0594 e. The van der Waals surface area contributed by atoms with Gasteiger partial charge in [-0.1, -0.05) is 6.92 Å². The first-order valence-electron chi connectivity index (χ1n) is 5.89. The van der Waals surface area contributed by atoms with E-state index in [1.54, 1.807) is 0 Å². The van der Waals surface area contributed by atoms with Crippen LogP contribution < -0.4 is 5.32 Å². The van der Waals surface area contributed by atoms with Crippen molar-refractivity contribution < 1.29 is 4.74 Å².